The number of methoxy groups -OCH3 is 1. The van der Waals surface area contributed by atoms with Crippen LogP contribution in [-0.2, 0) is 0 Å². The highest BCUT2D eigenvalue weighted by molar-refractivity contribution is 7.00. The molecule has 0 atom stereocenters. The molecule has 1 aromatic heterocycles. The van der Waals surface area contributed by atoms with E-state index in [0.29, 0.717) is 0 Å². The highest BCUT2D eigenvalue weighted by Gasteiger charge is 2.14. The summed E-state index contributed by atoms with van der Waals surface area (Å²) in [6.07, 6.45) is 7.61. The molecule has 0 saturated carbocycles. The fourth-order valence-electron chi connectivity index (χ4n) is 5.40. The second-order valence-electron chi connectivity index (χ2n) is 10.4. The number of aromatic nitrogens is 2. The van der Waals surface area contributed by atoms with E-state index >= 15 is 0 Å². The molecule has 5 heteroatoms. The maximum absolute atomic E-state index is 6.05. The van der Waals surface area contributed by atoms with Crippen molar-refractivity contribution in [3.05, 3.63) is 84.9 Å². The zero-order valence-corrected chi connectivity index (χ0v) is 24.0. The van der Waals surface area contributed by atoms with Crippen molar-refractivity contribution in [3.8, 4) is 33.8 Å². The number of unbranched alkanes of at least 4 members (excludes halogenated alkanes) is 5. The van der Waals surface area contributed by atoms with Crippen molar-refractivity contribution < 1.29 is 9.47 Å². The first kappa shape index (κ1) is 26.3. The Balaban J connectivity index is 1.23. The van der Waals surface area contributed by atoms with Crippen molar-refractivity contribution in [1.82, 2.24) is 8.75 Å². The average molecular weight is 547 g/mol. The molecule has 4 nitrogen and oxygen atoms in total. The Labute approximate surface area is 239 Å². The molecule has 0 bridgehead atoms. The summed E-state index contributed by atoms with van der Waals surface area (Å²) in [4.78, 5) is 0. The molecule has 0 radical (unpaired) electrons. The maximum atomic E-state index is 6.05. The van der Waals surface area contributed by atoms with Crippen molar-refractivity contribution in [2.75, 3.05) is 13.7 Å². The second-order valence-corrected chi connectivity index (χ2v) is 10.9. The molecule has 0 saturated heterocycles. The Kier molecular flexibility index (Phi) is 7.92. The minimum Gasteiger partial charge on any atom is -0.497 e. The Hall–Kier alpha value is -3.96. The van der Waals surface area contributed by atoms with Gasteiger partial charge in [0.25, 0.3) is 0 Å². The van der Waals surface area contributed by atoms with E-state index in [9.17, 15) is 0 Å². The van der Waals surface area contributed by atoms with Crippen LogP contribution in [0.3, 0.4) is 0 Å². The van der Waals surface area contributed by atoms with Crippen LogP contribution < -0.4 is 9.47 Å². The number of hydrogen-bond acceptors (Lipinski definition) is 5. The summed E-state index contributed by atoms with van der Waals surface area (Å²) in [6.45, 7) is 3.03. The lowest BCUT2D eigenvalue weighted by molar-refractivity contribution is 0.305. The minimum absolute atomic E-state index is 0.780. The van der Waals surface area contributed by atoms with Crippen molar-refractivity contribution in [3.63, 3.8) is 0 Å². The number of hydrogen-bond donors (Lipinski definition) is 0. The highest BCUT2D eigenvalue weighted by Crippen LogP contribution is 2.37. The molecule has 0 aliphatic carbocycles. The van der Waals surface area contributed by atoms with Gasteiger partial charge in [0.05, 0.1) is 25.4 Å². The van der Waals surface area contributed by atoms with Crippen LogP contribution in [0.2, 0.25) is 0 Å². The van der Waals surface area contributed by atoms with Gasteiger partial charge in [-0.1, -0.05) is 87.6 Å². The number of ether oxygens (including phenoxy) is 2. The van der Waals surface area contributed by atoms with E-state index in [1.807, 2.05) is 6.07 Å². The highest BCUT2D eigenvalue weighted by atomic mass is 32.1. The molecular formula is C35H34N2O2S. The summed E-state index contributed by atoms with van der Waals surface area (Å²) < 4.78 is 20.9. The normalized spacial score (nSPS) is 11.4. The SMILES string of the molecule is CCCCCCCCOc1ccc2cc(-c3ccc(-c4ccc5cc(OC)ccc5c4)c4nsnc34)ccc2c1. The molecule has 0 aliphatic heterocycles. The molecule has 0 N–H and O–H groups in total. The maximum Gasteiger partial charge on any atom is 0.119 e. The third-order valence-corrected chi connectivity index (χ3v) is 8.19. The molecule has 0 unspecified atom stereocenters. The predicted molar refractivity (Wildman–Crippen MR) is 169 cm³/mol. The van der Waals surface area contributed by atoms with Crippen LogP contribution in [0.4, 0.5) is 0 Å². The molecule has 6 aromatic rings. The zero-order chi connectivity index (χ0) is 27.3. The summed E-state index contributed by atoms with van der Waals surface area (Å²) in [5.41, 5.74) is 6.35. The molecule has 5 aromatic carbocycles. The molecular weight excluding hydrogens is 512 g/mol. The molecule has 0 amide bonds. The molecule has 6 rings (SSSR count). The fourth-order valence-corrected chi connectivity index (χ4v) is 5.98. The Morgan fingerprint density at radius 2 is 1.10 bits per heavy atom. The molecule has 0 spiro atoms. The van der Waals surface area contributed by atoms with Crippen LogP contribution in [0.5, 0.6) is 11.5 Å². The Bertz CT molecular complexity index is 1770. The smallest absolute Gasteiger partial charge is 0.119 e. The molecule has 202 valence electrons. The van der Waals surface area contributed by atoms with Gasteiger partial charge in [0.15, 0.2) is 0 Å². The van der Waals surface area contributed by atoms with E-state index in [1.165, 1.54) is 60.0 Å². The quantitative estimate of drug-likeness (QED) is 0.152. The van der Waals surface area contributed by atoms with Crippen LogP contribution >= 0.6 is 11.7 Å². The van der Waals surface area contributed by atoms with Gasteiger partial charge in [0, 0.05) is 11.1 Å². The third kappa shape index (κ3) is 5.52. The van der Waals surface area contributed by atoms with E-state index in [4.69, 9.17) is 18.2 Å². The van der Waals surface area contributed by atoms with E-state index in [0.717, 1.165) is 63.2 Å². The van der Waals surface area contributed by atoms with Gasteiger partial charge in [0.1, 0.15) is 22.5 Å². The lowest BCUT2D eigenvalue weighted by Gasteiger charge is -2.10. The first-order valence-corrected chi connectivity index (χ1v) is 15.0. The number of nitrogens with zero attached hydrogens (tertiary/aromatic N) is 2. The van der Waals surface area contributed by atoms with Gasteiger partial charge < -0.3 is 9.47 Å². The average Bonchev–Trinajstić information content (AvgIpc) is 3.49. The van der Waals surface area contributed by atoms with Crippen LogP contribution in [0.15, 0.2) is 84.9 Å². The summed E-state index contributed by atoms with van der Waals surface area (Å²) in [5, 5.41) is 4.69. The van der Waals surface area contributed by atoms with Crippen LogP contribution in [-0.4, -0.2) is 22.5 Å². The zero-order valence-electron chi connectivity index (χ0n) is 23.2. The van der Waals surface area contributed by atoms with Gasteiger partial charge in [-0.3, -0.25) is 0 Å². The third-order valence-electron chi connectivity index (χ3n) is 7.66. The standard InChI is InChI=1S/C35H34N2O2S/c1-3-4-5-6-7-8-19-39-31-16-14-25-21-29(12-10-27(25)23-31)33-18-17-32(34-35(33)37-40-36-34)28-11-9-26-22-30(38-2)15-13-24(26)20-28/h9-18,20-23H,3-8,19H2,1-2H3. The topological polar surface area (TPSA) is 44.2 Å². The van der Waals surface area contributed by atoms with Crippen molar-refractivity contribution in [2.24, 2.45) is 0 Å². The van der Waals surface area contributed by atoms with E-state index in [2.05, 4.69) is 85.8 Å². The van der Waals surface area contributed by atoms with E-state index in [1.54, 1.807) is 7.11 Å². The predicted octanol–water partition coefficient (Wildman–Crippen LogP) is 10.1. The van der Waals surface area contributed by atoms with Gasteiger partial charge in [-0.05, 0) is 75.5 Å². The van der Waals surface area contributed by atoms with E-state index < -0.39 is 0 Å². The van der Waals surface area contributed by atoms with Gasteiger partial charge in [-0.2, -0.15) is 8.75 Å². The van der Waals surface area contributed by atoms with Gasteiger partial charge in [-0.25, -0.2) is 0 Å². The van der Waals surface area contributed by atoms with Gasteiger partial charge in [0.2, 0.25) is 0 Å². The molecule has 0 aliphatic rings. The summed E-state index contributed by atoms with van der Waals surface area (Å²) >= 11 is 1.27. The molecule has 40 heavy (non-hydrogen) atoms. The molecule has 1 heterocycles. The van der Waals surface area contributed by atoms with Crippen molar-refractivity contribution in [2.45, 2.75) is 45.4 Å². The number of rotatable bonds is 11. The summed E-state index contributed by atoms with van der Waals surface area (Å²) in [6, 6.07) is 30.0. The van der Waals surface area contributed by atoms with Crippen LogP contribution in [0.25, 0.3) is 54.8 Å². The number of fused-ring (bicyclic) bond motifs is 3. The second kappa shape index (κ2) is 12.1. The molecule has 0 fully saturated rings. The lowest BCUT2D eigenvalue weighted by atomic mass is 9.95. The summed E-state index contributed by atoms with van der Waals surface area (Å²) in [5.74, 6) is 1.81. The lowest BCUT2D eigenvalue weighted by Crippen LogP contribution is -1.97. The fraction of sp³-hybridized carbons (Fsp3) is 0.257. The van der Waals surface area contributed by atoms with E-state index in [-0.39, 0.29) is 0 Å². The van der Waals surface area contributed by atoms with Crippen LogP contribution in [0.1, 0.15) is 45.4 Å². The van der Waals surface area contributed by atoms with Crippen LogP contribution in [0, 0.1) is 0 Å². The largest absolute Gasteiger partial charge is 0.497 e. The number of benzene rings is 5. The first-order valence-electron chi connectivity index (χ1n) is 14.2. The van der Waals surface area contributed by atoms with Gasteiger partial charge in [-0.15, -0.1) is 0 Å². The minimum atomic E-state index is 0.780. The summed E-state index contributed by atoms with van der Waals surface area (Å²) in [7, 11) is 1.70. The first-order chi connectivity index (χ1) is 19.7. The Morgan fingerprint density at radius 1 is 0.575 bits per heavy atom. The van der Waals surface area contributed by atoms with Crippen molar-refractivity contribution >= 4 is 44.3 Å². The van der Waals surface area contributed by atoms with Crippen molar-refractivity contribution in [1.29, 1.82) is 0 Å². The Morgan fingerprint density at radius 3 is 1.73 bits per heavy atom. The van der Waals surface area contributed by atoms with Gasteiger partial charge >= 0.3 is 0 Å². The monoisotopic (exact) mass is 546 g/mol.